The monoisotopic (exact) mass is 348 g/mol. The third-order valence-corrected chi connectivity index (χ3v) is 4.80. The van der Waals surface area contributed by atoms with Crippen LogP contribution in [0.1, 0.15) is 31.7 Å². The van der Waals surface area contributed by atoms with E-state index < -0.39 is 5.60 Å². The Hall–Kier alpha value is -0.160. The Bertz CT molecular complexity index is 378. The highest BCUT2D eigenvalue weighted by Crippen LogP contribution is 2.35. The maximum Gasteiger partial charge on any atom is 0.129 e. The molecule has 0 radical (unpaired) electrons. The molecule has 0 saturated heterocycles. The Morgan fingerprint density at radius 1 is 1.41 bits per heavy atom. The molecular formula is C14H18FIO. The maximum atomic E-state index is 13.8. The quantitative estimate of drug-likeness (QED) is 0.550. The van der Waals surface area contributed by atoms with Crippen LogP contribution in [0, 0.1) is 11.7 Å². The maximum absolute atomic E-state index is 13.8. The van der Waals surface area contributed by atoms with Gasteiger partial charge < -0.3 is 4.74 Å². The van der Waals surface area contributed by atoms with Gasteiger partial charge in [-0.3, -0.25) is 0 Å². The van der Waals surface area contributed by atoms with Crippen molar-refractivity contribution in [2.24, 2.45) is 5.92 Å². The zero-order valence-electron chi connectivity index (χ0n) is 10.1. The van der Waals surface area contributed by atoms with Crippen molar-refractivity contribution in [3.8, 4) is 0 Å². The minimum atomic E-state index is -0.499. The van der Waals surface area contributed by atoms with Crippen molar-refractivity contribution < 1.29 is 9.13 Å². The standard InChI is InChI=1S/C14H18FIO/c1-14(10-16,17-9-8-11-6-7-11)12-4-2-3-5-13(12)15/h2-5,11H,6-10H2,1H3. The van der Waals surface area contributed by atoms with Crippen LogP contribution in [0.2, 0.25) is 0 Å². The summed E-state index contributed by atoms with van der Waals surface area (Å²) in [4.78, 5) is 0. The Morgan fingerprint density at radius 2 is 2.12 bits per heavy atom. The fraction of sp³-hybridized carbons (Fsp3) is 0.571. The molecule has 1 saturated carbocycles. The molecule has 0 amide bonds. The van der Waals surface area contributed by atoms with Gasteiger partial charge in [-0.2, -0.15) is 0 Å². The van der Waals surface area contributed by atoms with Crippen LogP contribution in [0.25, 0.3) is 0 Å². The van der Waals surface area contributed by atoms with Gasteiger partial charge in [-0.1, -0.05) is 53.6 Å². The van der Waals surface area contributed by atoms with Crippen LogP contribution in [-0.2, 0) is 10.3 Å². The third kappa shape index (κ3) is 3.41. The largest absolute Gasteiger partial charge is 0.370 e. The van der Waals surface area contributed by atoms with E-state index in [0.717, 1.165) is 23.4 Å². The van der Waals surface area contributed by atoms with Crippen molar-refractivity contribution in [1.82, 2.24) is 0 Å². The van der Waals surface area contributed by atoms with E-state index in [-0.39, 0.29) is 5.82 Å². The van der Waals surface area contributed by atoms with E-state index in [2.05, 4.69) is 22.6 Å². The number of ether oxygens (including phenoxy) is 1. The lowest BCUT2D eigenvalue weighted by Gasteiger charge is -2.29. The first-order valence-electron chi connectivity index (χ1n) is 6.10. The van der Waals surface area contributed by atoms with Crippen molar-refractivity contribution in [3.63, 3.8) is 0 Å². The van der Waals surface area contributed by atoms with Gasteiger partial charge in [0.15, 0.2) is 0 Å². The highest BCUT2D eigenvalue weighted by Gasteiger charge is 2.30. The predicted octanol–water partition coefficient (Wildman–Crippen LogP) is 4.29. The highest BCUT2D eigenvalue weighted by molar-refractivity contribution is 14.1. The average molecular weight is 348 g/mol. The molecule has 1 nitrogen and oxygen atoms in total. The number of halogens is 2. The van der Waals surface area contributed by atoms with Gasteiger partial charge in [0.2, 0.25) is 0 Å². The smallest absolute Gasteiger partial charge is 0.129 e. The van der Waals surface area contributed by atoms with Crippen molar-refractivity contribution >= 4 is 22.6 Å². The summed E-state index contributed by atoms with van der Waals surface area (Å²) in [7, 11) is 0. The second kappa shape index (κ2) is 5.65. The molecule has 17 heavy (non-hydrogen) atoms. The average Bonchev–Trinajstić information content (AvgIpc) is 3.13. The van der Waals surface area contributed by atoms with Crippen LogP contribution in [0.3, 0.4) is 0 Å². The van der Waals surface area contributed by atoms with Crippen LogP contribution in [-0.4, -0.2) is 11.0 Å². The van der Waals surface area contributed by atoms with Crippen LogP contribution in [0.4, 0.5) is 4.39 Å². The van der Waals surface area contributed by atoms with E-state index in [0.29, 0.717) is 5.56 Å². The van der Waals surface area contributed by atoms with Crippen LogP contribution in [0.15, 0.2) is 24.3 Å². The lowest BCUT2D eigenvalue weighted by molar-refractivity contribution is -0.0205. The summed E-state index contributed by atoms with van der Waals surface area (Å²) in [5.41, 5.74) is 0.172. The van der Waals surface area contributed by atoms with Crippen molar-refractivity contribution in [3.05, 3.63) is 35.6 Å². The minimum Gasteiger partial charge on any atom is -0.370 e. The molecule has 1 aliphatic carbocycles. The summed E-state index contributed by atoms with van der Waals surface area (Å²) in [6.45, 7) is 2.71. The Labute approximate surface area is 116 Å². The van der Waals surface area contributed by atoms with Crippen molar-refractivity contribution in [1.29, 1.82) is 0 Å². The SMILES string of the molecule is CC(CI)(OCCC1CC1)c1ccccc1F. The molecule has 1 atom stereocenters. The molecule has 1 unspecified atom stereocenters. The molecule has 1 aromatic rings. The predicted molar refractivity (Wildman–Crippen MR) is 75.9 cm³/mol. The molecule has 1 aliphatic rings. The van der Waals surface area contributed by atoms with E-state index in [9.17, 15) is 4.39 Å². The first kappa shape index (κ1) is 13.3. The number of rotatable bonds is 6. The molecule has 3 heteroatoms. The zero-order valence-corrected chi connectivity index (χ0v) is 12.2. The summed E-state index contributed by atoms with van der Waals surface area (Å²) in [6, 6.07) is 6.92. The molecule has 0 N–H and O–H groups in total. The summed E-state index contributed by atoms with van der Waals surface area (Å²) >= 11 is 2.27. The van der Waals surface area contributed by atoms with E-state index in [4.69, 9.17) is 4.74 Å². The minimum absolute atomic E-state index is 0.168. The fourth-order valence-electron chi connectivity index (χ4n) is 1.94. The normalized spacial score (nSPS) is 19.0. The van der Waals surface area contributed by atoms with Crippen LogP contribution in [0.5, 0.6) is 0 Å². The Kier molecular flexibility index (Phi) is 4.42. The first-order chi connectivity index (χ1) is 8.15. The van der Waals surface area contributed by atoms with E-state index in [1.54, 1.807) is 6.07 Å². The van der Waals surface area contributed by atoms with Crippen LogP contribution < -0.4 is 0 Å². The molecule has 0 bridgehead atoms. The molecule has 0 aliphatic heterocycles. The summed E-state index contributed by atoms with van der Waals surface area (Å²) in [6.07, 6.45) is 3.79. The van der Waals surface area contributed by atoms with Crippen LogP contribution >= 0.6 is 22.6 Å². The second-order valence-electron chi connectivity index (χ2n) is 4.92. The summed E-state index contributed by atoms with van der Waals surface area (Å²) in [5.74, 6) is 0.687. The number of benzene rings is 1. The molecular weight excluding hydrogens is 330 g/mol. The molecule has 0 heterocycles. The molecule has 0 spiro atoms. The lowest BCUT2D eigenvalue weighted by atomic mass is 9.97. The van der Waals surface area contributed by atoms with Gasteiger partial charge >= 0.3 is 0 Å². The van der Waals surface area contributed by atoms with Gasteiger partial charge in [0.25, 0.3) is 0 Å². The summed E-state index contributed by atoms with van der Waals surface area (Å²) < 4.78 is 20.5. The molecule has 1 aromatic carbocycles. The Morgan fingerprint density at radius 3 is 2.71 bits per heavy atom. The number of alkyl halides is 1. The van der Waals surface area contributed by atoms with Crippen molar-refractivity contribution in [2.45, 2.75) is 31.8 Å². The number of hydrogen-bond acceptors (Lipinski definition) is 1. The molecule has 2 rings (SSSR count). The Balaban J connectivity index is 2.03. The molecule has 94 valence electrons. The van der Waals surface area contributed by atoms with Gasteiger partial charge in [0.1, 0.15) is 11.4 Å². The second-order valence-corrected chi connectivity index (χ2v) is 5.69. The van der Waals surface area contributed by atoms with Gasteiger partial charge in [-0.15, -0.1) is 0 Å². The van der Waals surface area contributed by atoms with Gasteiger partial charge in [-0.05, 0) is 25.3 Å². The van der Waals surface area contributed by atoms with Gasteiger partial charge in [0, 0.05) is 16.6 Å². The third-order valence-electron chi connectivity index (χ3n) is 3.34. The van der Waals surface area contributed by atoms with Gasteiger partial charge in [0.05, 0.1) is 0 Å². The van der Waals surface area contributed by atoms with E-state index in [1.807, 2.05) is 19.1 Å². The first-order valence-corrected chi connectivity index (χ1v) is 7.63. The summed E-state index contributed by atoms with van der Waals surface area (Å²) in [5, 5.41) is 0. The van der Waals surface area contributed by atoms with E-state index in [1.165, 1.54) is 18.9 Å². The molecule has 1 fully saturated rings. The number of hydrogen-bond donors (Lipinski definition) is 0. The van der Waals surface area contributed by atoms with E-state index >= 15 is 0 Å². The van der Waals surface area contributed by atoms with Gasteiger partial charge in [-0.25, -0.2) is 4.39 Å². The fourth-order valence-corrected chi connectivity index (χ4v) is 2.57. The zero-order chi connectivity index (χ0) is 12.3. The molecule has 0 aromatic heterocycles. The highest BCUT2D eigenvalue weighted by atomic mass is 127. The van der Waals surface area contributed by atoms with Crippen molar-refractivity contribution in [2.75, 3.05) is 11.0 Å². The lowest BCUT2D eigenvalue weighted by Crippen LogP contribution is -2.29. The topological polar surface area (TPSA) is 9.23 Å².